The van der Waals surface area contributed by atoms with Crippen LogP contribution < -0.4 is 26.8 Å². The summed E-state index contributed by atoms with van der Waals surface area (Å²) in [4.78, 5) is 43.7. The number of H-pyrrole nitrogens is 1. The van der Waals surface area contributed by atoms with Gasteiger partial charge in [0.15, 0.2) is 11.7 Å². The van der Waals surface area contributed by atoms with Crippen LogP contribution in [0.1, 0.15) is 35.3 Å². The van der Waals surface area contributed by atoms with Gasteiger partial charge in [0.25, 0.3) is 5.91 Å². The number of nitrogens with zero attached hydrogens (tertiary/aromatic N) is 1. The summed E-state index contributed by atoms with van der Waals surface area (Å²) in [5.41, 5.74) is 12.7. The molecule has 2 aromatic carbocycles. The van der Waals surface area contributed by atoms with Crippen LogP contribution in [0.4, 0.5) is 5.69 Å². The SMILES string of the molecule is COc1c(C(=O)NC(Cc2ccc(NC(=O)CCCCN=C(N)N)cc2)C(=O)O)[nH]c2ccccc12. The number of carbonyl (C=O) groups excluding carboxylic acids is 2. The molecule has 0 spiro atoms. The summed E-state index contributed by atoms with van der Waals surface area (Å²) >= 11 is 0. The molecule has 1 aromatic heterocycles. The minimum absolute atomic E-state index is 0.0295. The van der Waals surface area contributed by atoms with Crippen LogP contribution in [0.2, 0.25) is 0 Å². The van der Waals surface area contributed by atoms with Crippen LogP contribution in [0.5, 0.6) is 5.75 Å². The molecule has 36 heavy (non-hydrogen) atoms. The van der Waals surface area contributed by atoms with Crippen molar-refractivity contribution in [3.8, 4) is 5.75 Å². The first-order chi connectivity index (χ1) is 17.3. The number of ether oxygens (including phenoxy) is 1. The second-order valence-corrected chi connectivity index (χ2v) is 8.16. The number of guanidine groups is 1. The largest absolute Gasteiger partial charge is 0.494 e. The molecule has 1 heterocycles. The second kappa shape index (κ2) is 12.2. The number of aromatic nitrogens is 1. The highest BCUT2D eigenvalue weighted by Crippen LogP contribution is 2.29. The van der Waals surface area contributed by atoms with Gasteiger partial charge in [-0.25, -0.2) is 4.79 Å². The number of carboxylic acids is 1. The molecule has 0 aliphatic rings. The van der Waals surface area contributed by atoms with Gasteiger partial charge in [-0.1, -0.05) is 24.3 Å². The normalized spacial score (nSPS) is 11.5. The number of hydrogen-bond acceptors (Lipinski definition) is 5. The minimum atomic E-state index is -1.17. The van der Waals surface area contributed by atoms with E-state index in [-0.39, 0.29) is 24.0 Å². The fourth-order valence-corrected chi connectivity index (χ4v) is 3.71. The fraction of sp³-hybridized carbons (Fsp3) is 0.280. The molecule has 11 heteroatoms. The highest BCUT2D eigenvalue weighted by atomic mass is 16.5. The number of nitrogens with two attached hydrogens (primary N) is 2. The van der Waals surface area contributed by atoms with Gasteiger partial charge < -0.3 is 36.9 Å². The van der Waals surface area contributed by atoms with E-state index in [4.69, 9.17) is 16.2 Å². The topological polar surface area (TPSA) is 185 Å². The summed E-state index contributed by atoms with van der Waals surface area (Å²) < 4.78 is 5.38. The predicted octanol–water partition coefficient (Wildman–Crippen LogP) is 1.98. The summed E-state index contributed by atoms with van der Waals surface area (Å²) in [6, 6.07) is 12.9. The molecule has 0 aliphatic heterocycles. The van der Waals surface area contributed by atoms with E-state index >= 15 is 0 Å². The molecule has 3 aromatic rings. The Morgan fingerprint density at radius 2 is 1.81 bits per heavy atom. The van der Waals surface area contributed by atoms with E-state index in [9.17, 15) is 19.5 Å². The Labute approximate surface area is 207 Å². The third-order valence-electron chi connectivity index (χ3n) is 5.48. The Hall–Kier alpha value is -4.54. The van der Waals surface area contributed by atoms with E-state index in [0.717, 1.165) is 5.39 Å². The average molecular weight is 495 g/mol. The van der Waals surface area contributed by atoms with Crippen molar-refractivity contribution in [2.45, 2.75) is 31.7 Å². The van der Waals surface area contributed by atoms with Crippen LogP contribution in [0.15, 0.2) is 53.5 Å². The first-order valence-electron chi connectivity index (χ1n) is 11.4. The molecule has 0 aliphatic carbocycles. The van der Waals surface area contributed by atoms with Crippen molar-refractivity contribution in [3.05, 3.63) is 59.8 Å². The first kappa shape index (κ1) is 26.1. The summed E-state index contributed by atoms with van der Waals surface area (Å²) in [6.45, 7) is 0.471. The highest BCUT2D eigenvalue weighted by Gasteiger charge is 2.25. The quantitative estimate of drug-likeness (QED) is 0.126. The molecular formula is C25H30N6O5. The number of anilines is 1. The van der Waals surface area contributed by atoms with E-state index < -0.39 is 17.9 Å². The maximum absolute atomic E-state index is 12.9. The van der Waals surface area contributed by atoms with Crippen LogP contribution in [-0.4, -0.2) is 53.5 Å². The number of fused-ring (bicyclic) bond motifs is 1. The molecule has 0 saturated carbocycles. The number of aliphatic imine (C=N–C) groups is 1. The number of methoxy groups -OCH3 is 1. The third kappa shape index (κ3) is 6.98. The summed E-state index contributed by atoms with van der Waals surface area (Å²) in [6.07, 6.45) is 1.72. The zero-order valence-electron chi connectivity index (χ0n) is 19.9. The lowest BCUT2D eigenvalue weighted by molar-refractivity contribution is -0.139. The Morgan fingerprint density at radius 3 is 2.47 bits per heavy atom. The monoisotopic (exact) mass is 494 g/mol. The molecule has 1 unspecified atom stereocenters. The number of nitrogens with one attached hydrogen (secondary N) is 3. The summed E-state index contributed by atoms with van der Waals surface area (Å²) in [5, 5.41) is 15.8. The maximum atomic E-state index is 12.9. The van der Waals surface area contributed by atoms with Gasteiger partial charge in [0.2, 0.25) is 5.91 Å². The van der Waals surface area contributed by atoms with Crippen LogP contribution in [0.25, 0.3) is 10.9 Å². The standard InChI is InChI=1S/C25H30N6O5/c1-36-22-17-6-2-3-7-18(17)30-21(22)23(33)31-19(24(34)35)14-15-9-11-16(12-10-15)29-20(32)8-4-5-13-28-25(26)27/h2-3,6-7,9-12,19,30H,4-5,8,13-14H2,1H3,(H,29,32)(H,31,33)(H,34,35)(H4,26,27,28). The molecule has 11 nitrogen and oxygen atoms in total. The number of aromatic amines is 1. The minimum Gasteiger partial charge on any atom is -0.494 e. The van der Waals surface area contributed by atoms with Gasteiger partial charge in [-0.05, 0) is 42.7 Å². The average Bonchev–Trinajstić information content (AvgIpc) is 3.23. The van der Waals surface area contributed by atoms with Gasteiger partial charge in [-0.3, -0.25) is 14.6 Å². The molecule has 3 rings (SSSR count). The zero-order chi connectivity index (χ0) is 26.1. The number of unbranched alkanes of at least 4 members (excludes halogenated alkanes) is 1. The van der Waals surface area contributed by atoms with Gasteiger partial charge >= 0.3 is 5.97 Å². The number of rotatable bonds is 12. The van der Waals surface area contributed by atoms with Crippen molar-refractivity contribution in [2.75, 3.05) is 19.0 Å². The summed E-state index contributed by atoms with van der Waals surface area (Å²) in [5.74, 6) is -1.52. The molecule has 2 amide bonds. The Morgan fingerprint density at radius 1 is 1.08 bits per heavy atom. The van der Waals surface area contributed by atoms with Gasteiger partial charge in [-0.2, -0.15) is 0 Å². The lowest BCUT2D eigenvalue weighted by atomic mass is 10.1. The molecular weight excluding hydrogens is 464 g/mol. The summed E-state index contributed by atoms with van der Waals surface area (Å²) in [7, 11) is 1.45. The number of benzene rings is 2. The molecule has 0 fully saturated rings. The van der Waals surface area contributed by atoms with Gasteiger partial charge in [-0.15, -0.1) is 0 Å². The van der Waals surface area contributed by atoms with Crippen molar-refractivity contribution in [1.29, 1.82) is 0 Å². The Kier molecular flexibility index (Phi) is 8.87. The smallest absolute Gasteiger partial charge is 0.326 e. The number of carbonyl (C=O) groups is 3. The van der Waals surface area contributed by atoms with Crippen LogP contribution in [-0.2, 0) is 16.0 Å². The Balaban J connectivity index is 1.58. The molecule has 190 valence electrons. The Bertz CT molecular complexity index is 1250. The van der Waals surface area contributed by atoms with Crippen molar-refractivity contribution in [2.24, 2.45) is 16.5 Å². The third-order valence-corrected chi connectivity index (χ3v) is 5.48. The number of hydrogen-bond donors (Lipinski definition) is 6. The van der Waals surface area contributed by atoms with E-state index in [2.05, 4.69) is 20.6 Å². The molecule has 0 saturated heterocycles. The zero-order valence-corrected chi connectivity index (χ0v) is 19.9. The second-order valence-electron chi connectivity index (χ2n) is 8.16. The number of carboxylic acid groups (broad SMARTS) is 1. The van der Waals surface area contributed by atoms with Gasteiger partial charge in [0.1, 0.15) is 11.7 Å². The molecule has 0 bridgehead atoms. The molecule has 8 N–H and O–H groups in total. The lowest BCUT2D eigenvalue weighted by Gasteiger charge is -2.15. The van der Waals surface area contributed by atoms with Crippen LogP contribution in [0.3, 0.4) is 0 Å². The van der Waals surface area contributed by atoms with Crippen molar-refractivity contribution >= 4 is 40.3 Å². The van der Waals surface area contributed by atoms with E-state index in [0.29, 0.717) is 48.3 Å². The number of para-hydroxylation sites is 1. The van der Waals surface area contributed by atoms with Crippen molar-refractivity contribution < 1.29 is 24.2 Å². The number of amides is 2. The molecule has 0 radical (unpaired) electrons. The van der Waals surface area contributed by atoms with E-state index in [1.54, 1.807) is 30.3 Å². The first-order valence-corrected chi connectivity index (χ1v) is 11.4. The van der Waals surface area contributed by atoms with Gasteiger partial charge in [0.05, 0.1) is 7.11 Å². The van der Waals surface area contributed by atoms with E-state index in [1.165, 1.54) is 7.11 Å². The predicted molar refractivity (Wildman–Crippen MR) is 137 cm³/mol. The van der Waals surface area contributed by atoms with Crippen LogP contribution >= 0.6 is 0 Å². The fourth-order valence-electron chi connectivity index (χ4n) is 3.71. The van der Waals surface area contributed by atoms with Crippen molar-refractivity contribution in [1.82, 2.24) is 10.3 Å². The van der Waals surface area contributed by atoms with Crippen LogP contribution in [0, 0.1) is 0 Å². The molecule has 1 atom stereocenters. The lowest BCUT2D eigenvalue weighted by Crippen LogP contribution is -2.42. The van der Waals surface area contributed by atoms with E-state index in [1.807, 2.05) is 18.2 Å². The number of aliphatic carboxylic acids is 1. The van der Waals surface area contributed by atoms with Gasteiger partial charge in [0, 0.05) is 36.0 Å². The highest BCUT2D eigenvalue weighted by molar-refractivity contribution is 6.04. The van der Waals surface area contributed by atoms with Crippen molar-refractivity contribution in [3.63, 3.8) is 0 Å². The maximum Gasteiger partial charge on any atom is 0.326 e.